The molecule has 1 aromatic carbocycles. The van der Waals surface area contributed by atoms with Crippen LogP contribution in [0.3, 0.4) is 0 Å². The maximum absolute atomic E-state index is 11.5. The normalized spacial score (nSPS) is 20.3. The molecule has 144 valence electrons. The van der Waals surface area contributed by atoms with E-state index in [9.17, 15) is 9.59 Å². The topological polar surface area (TPSA) is 61.4 Å². The number of amides is 2. The second-order valence-electron chi connectivity index (χ2n) is 7.62. The second kappa shape index (κ2) is 8.23. The second-order valence-corrected chi connectivity index (χ2v) is 8.62. The molecule has 1 atom stereocenters. The number of anilines is 1. The number of carbonyl (C=O) groups is 2. The van der Waals surface area contributed by atoms with Crippen LogP contribution in [0.15, 0.2) is 35.7 Å². The first-order valence-electron chi connectivity index (χ1n) is 9.29. The van der Waals surface area contributed by atoms with Gasteiger partial charge in [-0.3, -0.25) is 14.5 Å². The summed E-state index contributed by atoms with van der Waals surface area (Å²) in [6, 6.07) is 10.1. The lowest BCUT2D eigenvalue weighted by atomic mass is 9.91. The van der Waals surface area contributed by atoms with Gasteiger partial charge in [0.15, 0.2) is 0 Å². The van der Waals surface area contributed by atoms with Gasteiger partial charge in [0.05, 0.1) is 0 Å². The van der Waals surface area contributed by atoms with E-state index in [0.717, 1.165) is 43.7 Å². The summed E-state index contributed by atoms with van der Waals surface area (Å²) in [5, 5.41) is 8.11. The van der Waals surface area contributed by atoms with Crippen molar-refractivity contribution in [2.24, 2.45) is 0 Å². The third kappa shape index (κ3) is 5.40. The van der Waals surface area contributed by atoms with Gasteiger partial charge in [0.2, 0.25) is 11.8 Å². The van der Waals surface area contributed by atoms with E-state index in [2.05, 4.69) is 40.0 Å². The first-order valence-corrected chi connectivity index (χ1v) is 10.2. The van der Waals surface area contributed by atoms with Crippen LogP contribution in [-0.2, 0) is 16.1 Å². The first-order chi connectivity index (χ1) is 12.8. The Morgan fingerprint density at radius 3 is 2.74 bits per heavy atom. The molecule has 0 aliphatic carbocycles. The minimum absolute atomic E-state index is 0.0387. The Hall–Kier alpha value is -2.18. The summed E-state index contributed by atoms with van der Waals surface area (Å²) in [5.41, 5.74) is 2.95. The number of benzene rings is 1. The van der Waals surface area contributed by atoms with E-state index in [-0.39, 0.29) is 17.4 Å². The van der Waals surface area contributed by atoms with Crippen LogP contribution in [0.5, 0.6) is 0 Å². The van der Waals surface area contributed by atoms with Crippen LogP contribution in [0.25, 0.3) is 11.1 Å². The molecule has 0 saturated carbocycles. The summed E-state index contributed by atoms with van der Waals surface area (Å²) in [6.45, 7) is 8.06. The molecule has 27 heavy (non-hydrogen) atoms. The van der Waals surface area contributed by atoms with Crippen LogP contribution in [0.1, 0.15) is 38.5 Å². The summed E-state index contributed by atoms with van der Waals surface area (Å²) >= 11 is 1.76. The van der Waals surface area contributed by atoms with Crippen molar-refractivity contribution in [1.82, 2.24) is 10.2 Å². The Morgan fingerprint density at radius 2 is 2.00 bits per heavy atom. The number of thiophene rings is 1. The van der Waals surface area contributed by atoms with Gasteiger partial charge in [0.1, 0.15) is 0 Å². The van der Waals surface area contributed by atoms with Gasteiger partial charge in [0, 0.05) is 43.0 Å². The van der Waals surface area contributed by atoms with Crippen LogP contribution in [0, 0.1) is 0 Å². The van der Waals surface area contributed by atoms with Crippen LogP contribution in [-0.4, -0.2) is 35.3 Å². The molecule has 0 spiro atoms. The van der Waals surface area contributed by atoms with Gasteiger partial charge in [-0.15, -0.1) is 11.3 Å². The summed E-state index contributed by atoms with van der Waals surface area (Å²) in [6.07, 6.45) is 2.11. The molecule has 1 aliphatic rings. The fourth-order valence-corrected chi connectivity index (χ4v) is 4.76. The molecule has 5 nitrogen and oxygen atoms in total. The summed E-state index contributed by atoms with van der Waals surface area (Å²) in [4.78, 5) is 26.5. The van der Waals surface area contributed by atoms with Gasteiger partial charge in [-0.1, -0.05) is 12.1 Å². The van der Waals surface area contributed by atoms with Crippen molar-refractivity contribution in [3.63, 3.8) is 0 Å². The Labute approximate surface area is 164 Å². The van der Waals surface area contributed by atoms with Crippen LogP contribution >= 0.6 is 11.3 Å². The quantitative estimate of drug-likeness (QED) is 0.821. The number of hydrogen-bond donors (Lipinski definition) is 2. The van der Waals surface area contributed by atoms with Crippen molar-refractivity contribution < 1.29 is 9.59 Å². The predicted octanol–water partition coefficient (Wildman–Crippen LogP) is 3.86. The smallest absolute Gasteiger partial charge is 0.221 e. The standard InChI is InChI=1S/C21H27N3O2S/c1-15(25)22-19-7-4-6-17(10-19)18-11-20(27-13-18)12-24-9-5-8-21(3,14-24)23-16(2)26/h4,6-7,10-11,13H,5,8-9,12,14H2,1-3H3,(H,22,25)(H,23,26). The number of nitrogens with one attached hydrogen (secondary N) is 2. The highest BCUT2D eigenvalue weighted by molar-refractivity contribution is 7.10. The Bertz CT molecular complexity index is 832. The van der Waals surface area contributed by atoms with Crippen molar-refractivity contribution >= 4 is 28.8 Å². The Morgan fingerprint density at radius 1 is 1.19 bits per heavy atom. The predicted molar refractivity (Wildman–Crippen MR) is 111 cm³/mol. The van der Waals surface area contributed by atoms with Gasteiger partial charge < -0.3 is 10.6 Å². The number of rotatable bonds is 5. The van der Waals surface area contributed by atoms with Crippen LogP contribution in [0.4, 0.5) is 5.69 Å². The van der Waals surface area contributed by atoms with Gasteiger partial charge >= 0.3 is 0 Å². The molecule has 1 unspecified atom stereocenters. The van der Waals surface area contributed by atoms with E-state index in [1.54, 1.807) is 18.3 Å². The van der Waals surface area contributed by atoms with E-state index < -0.39 is 0 Å². The fourth-order valence-electron chi connectivity index (χ4n) is 3.82. The lowest BCUT2D eigenvalue weighted by Crippen LogP contribution is -2.56. The zero-order chi connectivity index (χ0) is 19.4. The van der Waals surface area contributed by atoms with E-state index in [0.29, 0.717) is 0 Å². The molecule has 2 aromatic rings. The molecule has 0 bridgehead atoms. The molecule has 2 N–H and O–H groups in total. The Kier molecular flexibility index (Phi) is 5.97. The van der Waals surface area contributed by atoms with Gasteiger partial charge in [-0.25, -0.2) is 0 Å². The monoisotopic (exact) mass is 385 g/mol. The van der Waals surface area contributed by atoms with E-state index in [4.69, 9.17) is 0 Å². The zero-order valence-electron chi connectivity index (χ0n) is 16.2. The maximum Gasteiger partial charge on any atom is 0.221 e. The third-order valence-corrected chi connectivity index (χ3v) is 5.72. The molecule has 1 saturated heterocycles. The first kappa shape index (κ1) is 19.6. The summed E-state index contributed by atoms with van der Waals surface area (Å²) in [5.74, 6) is -0.0257. The lowest BCUT2D eigenvalue weighted by Gasteiger charge is -2.40. The molecule has 3 rings (SSSR count). The van der Waals surface area contributed by atoms with Crippen LogP contribution in [0.2, 0.25) is 0 Å². The van der Waals surface area contributed by atoms with Crippen molar-refractivity contribution in [2.75, 3.05) is 18.4 Å². The minimum Gasteiger partial charge on any atom is -0.350 e. The average Bonchev–Trinajstić information content (AvgIpc) is 3.02. The molecular weight excluding hydrogens is 358 g/mol. The molecular formula is C21H27N3O2S. The Balaban J connectivity index is 1.67. The molecule has 1 aromatic heterocycles. The van der Waals surface area contributed by atoms with Gasteiger partial charge in [0.25, 0.3) is 0 Å². The molecule has 1 aliphatic heterocycles. The SMILES string of the molecule is CC(=O)Nc1cccc(-c2csc(CN3CCCC(C)(NC(C)=O)C3)c2)c1. The molecule has 1 fully saturated rings. The number of piperidine rings is 1. The van der Waals surface area contributed by atoms with E-state index in [1.807, 2.05) is 18.2 Å². The summed E-state index contributed by atoms with van der Waals surface area (Å²) in [7, 11) is 0. The molecule has 2 heterocycles. The van der Waals surface area contributed by atoms with Gasteiger partial charge in [-0.2, -0.15) is 0 Å². The number of nitrogens with zero attached hydrogens (tertiary/aromatic N) is 1. The highest BCUT2D eigenvalue weighted by Gasteiger charge is 2.31. The fraction of sp³-hybridized carbons (Fsp3) is 0.429. The van der Waals surface area contributed by atoms with E-state index in [1.165, 1.54) is 17.4 Å². The number of carbonyl (C=O) groups excluding carboxylic acids is 2. The molecule has 2 amide bonds. The lowest BCUT2D eigenvalue weighted by molar-refractivity contribution is -0.121. The van der Waals surface area contributed by atoms with Crippen molar-refractivity contribution in [3.05, 3.63) is 40.6 Å². The minimum atomic E-state index is -0.142. The number of likely N-dealkylation sites (tertiary alicyclic amines) is 1. The average molecular weight is 386 g/mol. The largest absolute Gasteiger partial charge is 0.350 e. The van der Waals surface area contributed by atoms with Crippen molar-refractivity contribution in [3.8, 4) is 11.1 Å². The maximum atomic E-state index is 11.5. The zero-order valence-corrected chi connectivity index (χ0v) is 17.0. The third-order valence-electron chi connectivity index (χ3n) is 4.80. The summed E-state index contributed by atoms with van der Waals surface area (Å²) < 4.78 is 0. The molecule has 6 heteroatoms. The van der Waals surface area contributed by atoms with Crippen LogP contribution < -0.4 is 10.6 Å². The number of hydrogen-bond acceptors (Lipinski definition) is 4. The van der Waals surface area contributed by atoms with Crippen molar-refractivity contribution in [1.29, 1.82) is 0 Å². The highest BCUT2D eigenvalue weighted by atomic mass is 32.1. The van der Waals surface area contributed by atoms with E-state index >= 15 is 0 Å². The molecule has 0 radical (unpaired) electrons. The van der Waals surface area contributed by atoms with Gasteiger partial charge in [-0.05, 0) is 61.0 Å². The van der Waals surface area contributed by atoms with Crippen molar-refractivity contribution in [2.45, 2.75) is 45.7 Å². The highest BCUT2D eigenvalue weighted by Crippen LogP contribution is 2.30.